The van der Waals surface area contributed by atoms with Gasteiger partial charge < -0.3 is 5.11 Å². The summed E-state index contributed by atoms with van der Waals surface area (Å²) in [6.45, 7) is 7.58. The van der Waals surface area contributed by atoms with Crippen LogP contribution in [0.25, 0.3) is 0 Å². The van der Waals surface area contributed by atoms with Crippen molar-refractivity contribution in [3.8, 4) is 11.5 Å². The molecule has 2 nitrogen and oxygen atoms in total. The monoisotopic (exact) mass is 439 g/mol. The van der Waals surface area contributed by atoms with E-state index in [1.165, 1.54) is 16.7 Å². The van der Waals surface area contributed by atoms with E-state index in [4.69, 9.17) is 0 Å². The van der Waals surface area contributed by atoms with Crippen molar-refractivity contribution in [2.75, 3.05) is 6.54 Å². The zero-order valence-corrected chi connectivity index (χ0v) is 20.3. The fourth-order valence-electron chi connectivity index (χ4n) is 4.96. The van der Waals surface area contributed by atoms with E-state index in [0.717, 1.165) is 19.4 Å². The second-order valence-corrected chi connectivity index (χ2v) is 14.4. The van der Waals surface area contributed by atoms with Gasteiger partial charge in [0.15, 0.2) is 0 Å². The molecule has 0 unspecified atom stereocenters. The molecule has 1 heterocycles. The van der Waals surface area contributed by atoms with Crippen LogP contribution in [0.4, 0.5) is 0 Å². The smallest absolute Gasteiger partial charge is 0.129 e. The number of likely N-dealkylation sites (tertiary alicyclic amines) is 1. The summed E-state index contributed by atoms with van der Waals surface area (Å²) in [5, 5.41) is 11.3. The number of rotatable bonds is 5. The zero-order valence-electron chi connectivity index (χ0n) is 19.3. The van der Waals surface area contributed by atoms with Gasteiger partial charge in [-0.25, -0.2) is 0 Å². The second kappa shape index (κ2) is 9.46. The minimum atomic E-state index is -1.57. The van der Waals surface area contributed by atoms with Crippen molar-refractivity contribution >= 4 is 8.07 Å². The predicted octanol–water partition coefficient (Wildman–Crippen LogP) is 5.68. The highest BCUT2D eigenvalue weighted by Gasteiger charge is 2.48. The van der Waals surface area contributed by atoms with Gasteiger partial charge in [0, 0.05) is 12.6 Å². The highest BCUT2D eigenvalue weighted by molar-refractivity contribution is 6.83. The first kappa shape index (κ1) is 22.5. The molecule has 32 heavy (non-hydrogen) atoms. The van der Waals surface area contributed by atoms with E-state index in [2.05, 4.69) is 127 Å². The normalized spacial score (nSPS) is 18.1. The van der Waals surface area contributed by atoms with Crippen LogP contribution >= 0.6 is 0 Å². The summed E-state index contributed by atoms with van der Waals surface area (Å²) >= 11 is 0. The highest BCUT2D eigenvalue weighted by Crippen LogP contribution is 2.46. The van der Waals surface area contributed by atoms with Gasteiger partial charge in [-0.1, -0.05) is 117 Å². The molecule has 1 saturated heterocycles. The zero-order chi connectivity index (χ0) is 22.6. The van der Waals surface area contributed by atoms with E-state index in [-0.39, 0.29) is 6.04 Å². The minimum absolute atomic E-state index is 0.0283. The summed E-state index contributed by atoms with van der Waals surface area (Å²) in [4.78, 5) is 2.51. The molecule has 1 fully saturated rings. The molecular formula is C29H33NOSi. The van der Waals surface area contributed by atoms with Crippen molar-refractivity contribution < 1.29 is 5.11 Å². The Hall–Kier alpha value is -2.64. The Morgan fingerprint density at radius 3 is 1.66 bits per heavy atom. The molecule has 164 valence electrons. The van der Waals surface area contributed by atoms with Crippen molar-refractivity contribution in [1.29, 1.82) is 0 Å². The first-order valence-corrected chi connectivity index (χ1v) is 15.1. The maximum Gasteiger partial charge on any atom is 0.129 e. The molecule has 3 aromatic rings. The molecule has 2 atom stereocenters. The predicted molar refractivity (Wildman–Crippen MR) is 136 cm³/mol. The first-order valence-electron chi connectivity index (χ1n) is 11.6. The van der Waals surface area contributed by atoms with Crippen LogP contribution in [-0.4, -0.2) is 36.8 Å². The molecule has 0 spiro atoms. The van der Waals surface area contributed by atoms with Gasteiger partial charge in [0.1, 0.15) is 14.2 Å². The topological polar surface area (TPSA) is 23.5 Å². The summed E-state index contributed by atoms with van der Waals surface area (Å²) in [5.74, 6) is 3.25. The van der Waals surface area contributed by atoms with Crippen molar-refractivity contribution in [1.82, 2.24) is 4.90 Å². The van der Waals surface area contributed by atoms with E-state index in [1.807, 2.05) is 0 Å². The lowest BCUT2D eigenvalue weighted by Gasteiger charge is -2.47. The Morgan fingerprint density at radius 1 is 0.812 bits per heavy atom. The quantitative estimate of drug-likeness (QED) is 0.314. The molecule has 1 aliphatic heterocycles. The van der Waals surface area contributed by atoms with Gasteiger partial charge in [-0.05, 0) is 29.5 Å². The van der Waals surface area contributed by atoms with E-state index >= 15 is 0 Å². The van der Waals surface area contributed by atoms with E-state index < -0.39 is 19.7 Å². The van der Waals surface area contributed by atoms with Gasteiger partial charge in [0.05, 0.1) is 5.54 Å². The summed E-state index contributed by atoms with van der Waals surface area (Å²) in [6, 6.07) is 32.2. The molecule has 0 radical (unpaired) electrons. The van der Waals surface area contributed by atoms with Crippen molar-refractivity contribution in [2.24, 2.45) is 0 Å². The number of nitrogens with zero attached hydrogens (tertiary/aromatic N) is 1. The SMILES string of the molecule is C[Si](C)(C)C#C[C@@H](O)[C@@H]1CCCN1C(c1ccccc1)(c1ccccc1)c1ccccc1. The van der Waals surface area contributed by atoms with Crippen LogP contribution in [0.3, 0.4) is 0 Å². The number of benzene rings is 3. The molecule has 0 bridgehead atoms. The molecule has 0 aliphatic carbocycles. The number of hydrogen-bond donors (Lipinski definition) is 1. The van der Waals surface area contributed by atoms with Crippen LogP contribution in [0.2, 0.25) is 19.6 Å². The Labute approximate surface area is 193 Å². The lowest BCUT2D eigenvalue weighted by molar-refractivity contribution is 0.0625. The molecule has 0 amide bonds. The highest BCUT2D eigenvalue weighted by atomic mass is 28.3. The third kappa shape index (κ3) is 4.45. The van der Waals surface area contributed by atoms with Gasteiger partial charge in [0.25, 0.3) is 0 Å². The van der Waals surface area contributed by atoms with Crippen molar-refractivity contribution in [3.63, 3.8) is 0 Å². The summed E-state index contributed by atoms with van der Waals surface area (Å²) in [5.41, 5.74) is 6.56. The largest absolute Gasteiger partial charge is 0.379 e. The van der Waals surface area contributed by atoms with Gasteiger partial charge in [0.2, 0.25) is 0 Å². The molecular weight excluding hydrogens is 406 g/mol. The Morgan fingerprint density at radius 2 is 1.25 bits per heavy atom. The molecule has 1 aliphatic rings. The van der Waals surface area contributed by atoms with E-state index in [1.54, 1.807) is 0 Å². The number of hydrogen-bond acceptors (Lipinski definition) is 2. The Kier molecular flexibility index (Phi) is 6.67. The third-order valence-electron chi connectivity index (χ3n) is 6.26. The maximum atomic E-state index is 11.3. The first-order chi connectivity index (χ1) is 15.4. The molecule has 3 heteroatoms. The number of aliphatic hydroxyl groups excluding tert-OH is 1. The molecule has 3 aromatic carbocycles. The van der Waals surface area contributed by atoms with E-state index in [0.29, 0.717) is 0 Å². The van der Waals surface area contributed by atoms with Crippen LogP contribution in [0, 0.1) is 11.5 Å². The lowest BCUT2D eigenvalue weighted by Crippen LogP contribution is -2.53. The van der Waals surface area contributed by atoms with Gasteiger partial charge in [-0.3, -0.25) is 4.90 Å². The fraction of sp³-hybridized carbons (Fsp3) is 0.310. The molecule has 0 aromatic heterocycles. The summed E-state index contributed by atoms with van der Waals surface area (Å²) < 4.78 is 0. The molecule has 0 saturated carbocycles. The van der Waals surface area contributed by atoms with Crippen LogP contribution in [0.15, 0.2) is 91.0 Å². The molecule has 4 rings (SSSR count). The van der Waals surface area contributed by atoms with E-state index in [9.17, 15) is 5.11 Å². The van der Waals surface area contributed by atoms with Crippen molar-refractivity contribution in [3.05, 3.63) is 108 Å². The average Bonchev–Trinajstić information content (AvgIpc) is 3.30. The van der Waals surface area contributed by atoms with Crippen LogP contribution < -0.4 is 0 Å². The summed E-state index contributed by atoms with van der Waals surface area (Å²) in [6.07, 6.45) is 1.32. The van der Waals surface area contributed by atoms with Crippen molar-refractivity contribution in [2.45, 2.75) is 50.2 Å². The Bertz CT molecular complexity index is 967. The molecule has 1 N–H and O–H groups in total. The van der Waals surface area contributed by atoms with Crippen LogP contribution in [0.5, 0.6) is 0 Å². The Balaban J connectivity index is 1.94. The van der Waals surface area contributed by atoms with Gasteiger partial charge in [-0.2, -0.15) is 0 Å². The summed E-state index contributed by atoms with van der Waals surface area (Å²) in [7, 11) is -1.57. The van der Waals surface area contributed by atoms with Gasteiger partial charge in [-0.15, -0.1) is 5.54 Å². The van der Waals surface area contributed by atoms with Crippen LogP contribution in [-0.2, 0) is 5.54 Å². The fourth-order valence-corrected chi connectivity index (χ4v) is 5.54. The maximum absolute atomic E-state index is 11.3. The lowest BCUT2D eigenvalue weighted by atomic mass is 9.75. The minimum Gasteiger partial charge on any atom is -0.379 e. The third-order valence-corrected chi connectivity index (χ3v) is 7.16. The average molecular weight is 440 g/mol. The van der Waals surface area contributed by atoms with Gasteiger partial charge >= 0.3 is 0 Å². The number of aliphatic hydroxyl groups is 1. The van der Waals surface area contributed by atoms with Crippen LogP contribution in [0.1, 0.15) is 29.5 Å². The standard InChI is InChI=1S/C29H33NOSi/c1-32(2,3)23-21-28(31)27-20-13-22-30(27)29(24-14-7-4-8-15-24,25-16-9-5-10-17-25)26-18-11-6-12-19-26/h4-12,14-19,27-28,31H,13,20,22H2,1-3H3/t27-,28+/m0/s1. The second-order valence-electron chi connectivity index (χ2n) is 9.68.